The van der Waals surface area contributed by atoms with Gasteiger partial charge < -0.3 is 9.64 Å². The Kier molecular flexibility index (Phi) is 3.88. The molecule has 0 N–H and O–H groups in total. The Morgan fingerprint density at radius 2 is 1.74 bits per heavy atom. The van der Waals surface area contributed by atoms with Crippen molar-refractivity contribution in [2.45, 2.75) is 32.1 Å². The molecule has 3 heteroatoms. The predicted molar refractivity (Wildman–Crippen MR) is 92.3 cm³/mol. The van der Waals surface area contributed by atoms with Crippen molar-refractivity contribution in [3.63, 3.8) is 0 Å². The quantitative estimate of drug-likeness (QED) is 0.830. The predicted octanol–water partition coefficient (Wildman–Crippen LogP) is 4.54. The lowest BCUT2D eigenvalue weighted by molar-refractivity contribution is 0.0827. The molecule has 0 aromatic heterocycles. The largest absolute Gasteiger partial charge is 0.457 e. The fraction of sp³-hybridized carbons (Fsp3) is 0.350. The van der Waals surface area contributed by atoms with Crippen molar-refractivity contribution in [3.8, 4) is 11.5 Å². The summed E-state index contributed by atoms with van der Waals surface area (Å²) >= 11 is 0. The van der Waals surface area contributed by atoms with Crippen molar-refractivity contribution >= 4 is 5.91 Å². The Hall–Kier alpha value is -2.29. The van der Waals surface area contributed by atoms with Gasteiger partial charge in [0.15, 0.2) is 0 Å². The number of carbonyl (C=O) groups excluding carboxylic acids is 1. The highest BCUT2D eigenvalue weighted by Gasteiger charge is 2.39. The summed E-state index contributed by atoms with van der Waals surface area (Å²) in [5.74, 6) is 1.60. The standard InChI is InChI=1S/C20H23NO2/c1-14-13-16(20(2)11-12-20)7-10-18(14)23-17-8-5-15(6-9-17)19(22)21(3)4/h5-10,13H,11-12H2,1-4H3. The first-order valence-corrected chi connectivity index (χ1v) is 8.00. The summed E-state index contributed by atoms with van der Waals surface area (Å²) in [5, 5.41) is 0. The van der Waals surface area contributed by atoms with Crippen LogP contribution in [0.15, 0.2) is 42.5 Å². The molecule has 0 spiro atoms. The van der Waals surface area contributed by atoms with E-state index in [4.69, 9.17) is 4.74 Å². The molecule has 3 nitrogen and oxygen atoms in total. The van der Waals surface area contributed by atoms with Crippen LogP contribution in [-0.4, -0.2) is 24.9 Å². The van der Waals surface area contributed by atoms with Crippen LogP contribution < -0.4 is 4.74 Å². The van der Waals surface area contributed by atoms with Crippen LogP contribution in [0.5, 0.6) is 11.5 Å². The summed E-state index contributed by atoms with van der Waals surface area (Å²) in [6.07, 6.45) is 2.54. The van der Waals surface area contributed by atoms with Crippen LogP contribution in [0.3, 0.4) is 0 Å². The average Bonchev–Trinajstić information content (AvgIpc) is 3.28. The normalized spacial score (nSPS) is 15.1. The maximum absolute atomic E-state index is 11.9. The fourth-order valence-electron chi connectivity index (χ4n) is 2.67. The van der Waals surface area contributed by atoms with Crippen molar-refractivity contribution in [1.29, 1.82) is 0 Å². The number of nitrogens with zero attached hydrogens (tertiary/aromatic N) is 1. The molecular weight excluding hydrogens is 286 g/mol. The van der Waals surface area contributed by atoms with Gasteiger partial charge in [0.1, 0.15) is 11.5 Å². The molecule has 1 saturated carbocycles. The lowest BCUT2D eigenvalue weighted by Gasteiger charge is -2.14. The molecule has 120 valence electrons. The zero-order valence-electron chi connectivity index (χ0n) is 14.2. The summed E-state index contributed by atoms with van der Waals surface area (Å²) in [6, 6.07) is 13.7. The third-order valence-corrected chi connectivity index (χ3v) is 4.61. The van der Waals surface area contributed by atoms with Crippen molar-refractivity contribution in [3.05, 3.63) is 59.2 Å². The summed E-state index contributed by atoms with van der Waals surface area (Å²) in [5.41, 5.74) is 3.58. The van der Waals surface area contributed by atoms with Gasteiger partial charge in [0.05, 0.1) is 0 Å². The van der Waals surface area contributed by atoms with E-state index in [1.807, 2.05) is 18.2 Å². The molecule has 23 heavy (non-hydrogen) atoms. The Balaban J connectivity index is 1.75. The van der Waals surface area contributed by atoms with Crippen molar-refractivity contribution in [2.75, 3.05) is 14.1 Å². The summed E-state index contributed by atoms with van der Waals surface area (Å²) < 4.78 is 5.97. The minimum Gasteiger partial charge on any atom is -0.457 e. The van der Waals surface area contributed by atoms with Crippen LogP contribution in [0.25, 0.3) is 0 Å². The van der Waals surface area contributed by atoms with Crippen LogP contribution in [0.4, 0.5) is 0 Å². The molecule has 1 aliphatic carbocycles. The lowest BCUT2D eigenvalue weighted by atomic mass is 9.96. The summed E-state index contributed by atoms with van der Waals surface area (Å²) in [4.78, 5) is 13.5. The molecule has 0 unspecified atom stereocenters. The van der Waals surface area contributed by atoms with E-state index < -0.39 is 0 Å². The highest BCUT2D eigenvalue weighted by molar-refractivity contribution is 5.93. The second kappa shape index (κ2) is 5.73. The van der Waals surface area contributed by atoms with Gasteiger partial charge in [-0.3, -0.25) is 4.79 Å². The van der Waals surface area contributed by atoms with Gasteiger partial charge in [-0.25, -0.2) is 0 Å². The molecule has 0 atom stereocenters. The Morgan fingerprint density at radius 1 is 1.09 bits per heavy atom. The van der Waals surface area contributed by atoms with E-state index >= 15 is 0 Å². The molecule has 1 aliphatic rings. The number of amides is 1. The second-order valence-electron chi connectivity index (χ2n) is 6.87. The molecule has 2 aromatic carbocycles. The van der Waals surface area contributed by atoms with Gasteiger partial charge in [0.25, 0.3) is 5.91 Å². The molecule has 3 rings (SSSR count). The summed E-state index contributed by atoms with van der Waals surface area (Å²) in [6.45, 7) is 4.39. The maximum Gasteiger partial charge on any atom is 0.253 e. The zero-order chi connectivity index (χ0) is 16.6. The molecular formula is C20H23NO2. The van der Waals surface area contributed by atoms with E-state index in [1.165, 1.54) is 18.4 Å². The molecule has 1 fully saturated rings. The van der Waals surface area contributed by atoms with Crippen molar-refractivity contribution in [1.82, 2.24) is 4.90 Å². The molecule has 2 aromatic rings. The highest BCUT2D eigenvalue weighted by Crippen LogP contribution is 2.48. The third kappa shape index (κ3) is 3.24. The lowest BCUT2D eigenvalue weighted by Crippen LogP contribution is -2.21. The third-order valence-electron chi connectivity index (χ3n) is 4.61. The number of benzene rings is 2. The van der Waals surface area contributed by atoms with Crippen LogP contribution in [0.2, 0.25) is 0 Å². The van der Waals surface area contributed by atoms with Gasteiger partial charge in [-0.05, 0) is 66.6 Å². The van der Waals surface area contributed by atoms with Crippen LogP contribution >= 0.6 is 0 Å². The number of hydrogen-bond acceptors (Lipinski definition) is 2. The molecule has 0 radical (unpaired) electrons. The van der Waals surface area contributed by atoms with Gasteiger partial charge in [-0.1, -0.05) is 19.1 Å². The van der Waals surface area contributed by atoms with Crippen LogP contribution in [0.1, 0.15) is 41.3 Å². The Bertz CT molecular complexity index is 728. The average molecular weight is 309 g/mol. The number of hydrogen-bond donors (Lipinski definition) is 0. The highest BCUT2D eigenvalue weighted by atomic mass is 16.5. The first-order valence-electron chi connectivity index (χ1n) is 8.00. The maximum atomic E-state index is 11.9. The van der Waals surface area contributed by atoms with E-state index in [0.717, 1.165) is 17.1 Å². The van der Waals surface area contributed by atoms with Gasteiger partial charge in [-0.2, -0.15) is 0 Å². The monoisotopic (exact) mass is 309 g/mol. The van der Waals surface area contributed by atoms with Crippen molar-refractivity contribution in [2.24, 2.45) is 0 Å². The van der Waals surface area contributed by atoms with Crippen LogP contribution in [-0.2, 0) is 5.41 Å². The Morgan fingerprint density at radius 3 is 2.26 bits per heavy atom. The molecule has 0 heterocycles. The molecule has 0 aliphatic heterocycles. The minimum atomic E-state index is -0.00485. The number of carbonyl (C=O) groups is 1. The fourth-order valence-corrected chi connectivity index (χ4v) is 2.67. The van der Waals surface area contributed by atoms with E-state index in [0.29, 0.717) is 11.0 Å². The van der Waals surface area contributed by atoms with Gasteiger partial charge in [-0.15, -0.1) is 0 Å². The molecule has 0 saturated heterocycles. The molecule has 1 amide bonds. The Labute approximate surface area is 137 Å². The molecule has 0 bridgehead atoms. The van der Waals surface area contributed by atoms with Crippen molar-refractivity contribution < 1.29 is 9.53 Å². The summed E-state index contributed by atoms with van der Waals surface area (Å²) in [7, 11) is 3.50. The van der Waals surface area contributed by atoms with Gasteiger partial charge >= 0.3 is 0 Å². The SMILES string of the molecule is Cc1cc(C2(C)CC2)ccc1Oc1ccc(C(=O)N(C)C)cc1. The number of rotatable bonds is 4. The zero-order valence-corrected chi connectivity index (χ0v) is 14.2. The van der Waals surface area contributed by atoms with E-state index in [1.54, 1.807) is 31.1 Å². The topological polar surface area (TPSA) is 29.5 Å². The first kappa shape index (κ1) is 15.6. The number of aryl methyl sites for hydroxylation is 1. The van der Waals surface area contributed by atoms with Gasteiger partial charge in [0.2, 0.25) is 0 Å². The van der Waals surface area contributed by atoms with E-state index in [9.17, 15) is 4.79 Å². The smallest absolute Gasteiger partial charge is 0.253 e. The first-order chi connectivity index (χ1) is 10.9. The number of ether oxygens (including phenoxy) is 1. The second-order valence-corrected chi connectivity index (χ2v) is 6.87. The van der Waals surface area contributed by atoms with Gasteiger partial charge in [0, 0.05) is 19.7 Å². The van der Waals surface area contributed by atoms with E-state index in [2.05, 4.69) is 26.0 Å². The van der Waals surface area contributed by atoms with E-state index in [-0.39, 0.29) is 5.91 Å². The van der Waals surface area contributed by atoms with Crippen LogP contribution in [0, 0.1) is 6.92 Å². The minimum absolute atomic E-state index is 0.00485.